The highest BCUT2D eigenvalue weighted by atomic mass is 79.9. The van der Waals surface area contributed by atoms with E-state index in [1.807, 2.05) is 25.1 Å². The van der Waals surface area contributed by atoms with Gasteiger partial charge in [0.25, 0.3) is 0 Å². The zero-order valence-electron chi connectivity index (χ0n) is 9.50. The summed E-state index contributed by atoms with van der Waals surface area (Å²) in [6, 6.07) is 8.14. The normalized spacial score (nSPS) is 9.81. The molecule has 1 rings (SSSR count). The van der Waals surface area contributed by atoms with E-state index in [0.29, 0.717) is 6.42 Å². The van der Waals surface area contributed by atoms with Crippen molar-refractivity contribution in [3.8, 4) is 11.8 Å². The van der Waals surface area contributed by atoms with Crippen LogP contribution in [0.15, 0.2) is 22.7 Å². The summed E-state index contributed by atoms with van der Waals surface area (Å²) in [6.45, 7) is 2.77. The number of benzene rings is 1. The monoisotopic (exact) mass is 281 g/mol. The van der Waals surface area contributed by atoms with Gasteiger partial charge in [-0.15, -0.1) is 0 Å². The van der Waals surface area contributed by atoms with Crippen molar-refractivity contribution in [3.63, 3.8) is 0 Å². The lowest BCUT2D eigenvalue weighted by atomic mass is 10.2. The van der Waals surface area contributed by atoms with E-state index < -0.39 is 0 Å². The van der Waals surface area contributed by atoms with Crippen LogP contribution in [0.2, 0.25) is 0 Å². The number of hydrogen-bond acceptors (Lipinski definition) is 2. The largest absolute Gasteiger partial charge is 0.494 e. The number of nitriles is 1. The molecule has 0 heterocycles. The third-order valence-electron chi connectivity index (χ3n) is 2.33. The molecule has 16 heavy (non-hydrogen) atoms. The predicted molar refractivity (Wildman–Crippen MR) is 68.5 cm³/mol. The summed E-state index contributed by atoms with van der Waals surface area (Å²) < 4.78 is 6.72. The zero-order valence-corrected chi connectivity index (χ0v) is 11.1. The van der Waals surface area contributed by atoms with Crippen LogP contribution in [0.1, 0.15) is 31.2 Å². The number of unbranched alkanes of at least 4 members (excludes halogenated alkanes) is 3. The van der Waals surface area contributed by atoms with Gasteiger partial charge in [-0.2, -0.15) is 5.26 Å². The first kappa shape index (κ1) is 13.1. The topological polar surface area (TPSA) is 33.0 Å². The van der Waals surface area contributed by atoms with Crippen LogP contribution in [-0.4, -0.2) is 6.61 Å². The van der Waals surface area contributed by atoms with Gasteiger partial charge in [-0.1, -0.05) is 15.9 Å². The molecule has 0 saturated heterocycles. The second-order valence-electron chi connectivity index (χ2n) is 3.73. The van der Waals surface area contributed by atoms with Gasteiger partial charge in [-0.05, 0) is 49.9 Å². The van der Waals surface area contributed by atoms with E-state index in [1.165, 1.54) is 5.56 Å². The molecule has 0 bridgehead atoms. The van der Waals surface area contributed by atoms with Crippen molar-refractivity contribution in [2.45, 2.75) is 32.6 Å². The van der Waals surface area contributed by atoms with Crippen molar-refractivity contribution >= 4 is 15.9 Å². The third-order valence-corrected chi connectivity index (χ3v) is 3.22. The lowest BCUT2D eigenvalue weighted by molar-refractivity contribution is 0.305. The summed E-state index contributed by atoms with van der Waals surface area (Å²) in [5.41, 5.74) is 1.18. The van der Waals surface area contributed by atoms with Gasteiger partial charge in [-0.25, -0.2) is 0 Å². The van der Waals surface area contributed by atoms with Crippen molar-refractivity contribution in [2.75, 3.05) is 6.61 Å². The molecule has 1 aromatic rings. The molecule has 0 atom stereocenters. The molecule has 0 saturated carbocycles. The molecule has 0 amide bonds. The maximum atomic E-state index is 8.37. The fourth-order valence-corrected chi connectivity index (χ4v) is 1.63. The van der Waals surface area contributed by atoms with Crippen LogP contribution >= 0.6 is 15.9 Å². The lowest BCUT2D eigenvalue weighted by Crippen LogP contribution is -1.97. The number of halogens is 1. The lowest BCUT2D eigenvalue weighted by Gasteiger charge is -2.07. The Labute approximate surface area is 105 Å². The van der Waals surface area contributed by atoms with E-state index in [0.717, 1.165) is 36.1 Å². The Kier molecular flexibility index (Phi) is 5.95. The average molecular weight is 282 g/mol. The third kappa shape index (κ3) is 4.67. The molecule has 0 spiro atoms. The van der Waals surface area contributed by atoms with Crippen LogP contribution in [0.3, 0.4) is 0 Å². The maximum Gasteiger partial charge on any atom is 0.119 e. The second kappa shape index (κ2) is 7.29. The molecule has 0 unspecified atom stereocenters. The van der Waals surface area contributed by atoms with Crippen molar-refractivity contribution < 1.29 is 4.74 Å². The number of hydrogen-bond donors (Lipinski definition) is 0. The van der Waals surface area contributed by atoms with E-state index in [9.17, 15) is 0 Å². The molecule has 0 N–H and O–H groups in total. The van der Waals surface area contributed by atoms with Gasteiger partial charge in [0.1, 0.15) is 5.75 Å². The molecule has 3 heteroatoms. The van der Waals surface area contributed by atoms with Crippen LogP contribution in [0.25, 0.3) is 0 Å². The van der Waals surface area contributed by atoms with Crippen LogP contribution in [0.4, 0.5) is 0 Å². The first-order chi connectivity index (χ1) is 7.74. The first-order valence-corrected chi connectivity index (χ1v) is 6.29. The van der Waals surface area contributed by atoms with Gasteiger partial charge >= 0.3 is 0 Å². The number of aryl methyl sites for hydroxylation is 1. The molecule has 0 aliphatic heterocycles. The minimum absolute atomic E-state index is 0.650. The molecule has 86 valence electrons. The Morgan fingerprint density at radius 3 is 2.81 bits per heavy atom. The molecule has 0 aliphatic carbocycles. The summed E-state index contributed by atoms with van der Waals surface area (Å²) in [7, 11) is 0. The van der Waals surface area contributed by atoms with Gasteiger partial charge in [-0.3, -0.25) is 0 Å². The van der Waals surface area contributed by atoms with Crippen LogP contribution in [-0.2, 0) is 0 Å². The highest BCUT2D eigenvalue weighted by Gasteiger charge is 1.98. The second-order valence-corrected chi connectivity index (χ2v) is 4.58. The predicted octanol–water partition coefficient (Wildman–Crippen LogP) is 4.22. The summed E-state index contributed by atoms with van der Waals surface area (Å²) in [5.74, 6) is 0.918. The zero-order chi connectivity index (χ0) is 11.8. The Morgan fingerprint density at radius 2 is 2.12 bits per heavy atom. The van der Waals surface area contributed by atoms with E-state index in [4.69, 9.17) is 10.00 Å². The number of nitrogens with zero attached hydrogens (tertiary/aromatic N) is 1. The van der Waals surface area contributed by atoms with E-state index in [1.54, 1.807) is 0 Å². The van der Waals surface area contributed by atoms with Crippen molar-refractivity contribution in [1.29, 1.82) is 5.26 Å². The van der Waals surface area contributed by atoms with Crippen molar-refractivity contribution in [1.82, 2.24) is 0 Å². The van der Waals surface area contributed by atoms with Crippen molar-refractivity contribution in [3.05, 3.63) is 28.2 Å². The van der Waals surface area contributed by atoms with Crippen LogP contribution in [0, 0.1) is 18.3 Å². The Balaban J connectivity index is 2.22. The number of rotatable bonds is 6. The molecule has 1 aromatic carbocycles. The number of ether oxygens (including phenoxy) is 1. The maximum absolute atomic E-state index is 8.37. The molecular weight excluding hydrogens is 266 g/mol. The van der Waals surface area contributed by atoms with Crippen LogP contribution in [0.5, 0.6) is 5.75 Å². The summed E-state index contributed by atoms with van der Waals surface area (Å²) in [5, 5.41) is 8.37. The molecule has 0 fully saturated rings. The van der Waals surface area contributed by atoms with Gasteiger partial charge in [0.2, 0.25) is 0 Å². The summed E-state index contributed by atoms with van der Waals surface area (Å²) in [4.78, 5) is 0. The van der Waals surface area contributed by atoms with Crippen LogP contribution < -0.4 is 4.74 Å². The highest BCUT2D eigenvalue weighted by molar-refractivity contribution is 9.10. The fraction of sp³-hybridized carbons (Fsp3) is 0.462. The van der Waals surface area contributed by atoms with Crippen molar-refractivity contribution in [2.24, 2.45) is 0 Å². The molecule has 0 aromatic heterocycles. The standard InChI is InChI=1S/C13H16BrNO/c1-11-10-12(6-7-13(11)14)16-9-5-3-2-4-8-15/h6-7,10H,2-5,9H2,1H3. The first-order valence-electron chi connectivity index (χ1n) is 5.50. The minimum atomic E-state index is 0.650. The van der Waals surface area contributed by atoms with Gasteiger partial charge in [0.15, 0.2) is 0 Å². The fourth-order valence-electron chi connectivity index (χ4n) is 1.38. The SMILES string of the molecule is Cc1cc(OCCCCCC#N)ccc1Br. The summed E-state index contributed by atoms with van der Waals surface area (Å²) in [6.07, 6.45) is 3.69. The smallest absolute Gasteiger partial charge is 0.119 e. The van der Waals surface area contributed by atoms with E-state index in [-0.39, 0.29) is 0 Å². The summed E-state index contributed by atoms with van der Waals surface area (Å²) >= 11 is 3.45. The van der Waals surface area contributed by atoms with Gasteiger partial charge < -0.3 is 4.74 Å². The Morgan fingerprint density at radius 1 is 1.31 bits per heavy atom. The molecule has 2 nitrogen and oxygen atoms in total. The van der Waals surface area contributed by atoms with E-state index in [2.05, 4.69) is 22.0 Å². The molecule has 0 radical (unpaired) electrons. The highest BCUT2D eigenvalue weighted by Crippen LogP contribution is 2.21. The molecular formula is C13H16BrNO. The quantitative estimate of drug-likeness (QED) is 0.732. The van der Waals surface area contributed by atoms with E-state index >= 15 is 0 Å². The van der Waals surface area contributed by atoms with Gasteiger partial charge in [0.05, 0.1) is 12.7 Å². The van der Waals surface area contributed by atoms with Gasteiger partial charge in [0, 0.05) is 10.9 Å². The Bertz CT molecular complexity index is 371. The Hall–Kier alpha value is -1.01. The minimum Gasteiger partial charge on any atom is -0.494 e. The average Bonchev–Trinajstić information content (AvgIpc) is 2.28. The molecule has 0 aliphatic rings.